The van der Waals surface area contributed by atoms with E-state index in [-0.39, 0.29) is 27.7 Å². The fourth-order valence-electron chi connectivity index (χ4n) is 3.61. The lowest BCUT2D eigenvalue weighted by Crippen LogP contribution is -2.18. The van der Waals surface area contributed by atoms with E-state index in [0.29, 0.717) is 28.8 Å². The first-order chi connectivity index (χ1) is 15.6. The Balaban J connectivity index is 1.81. The van der Waals surface area contributed by atoms with E-state index in [1.54, 1.807) is 41.9 Å². The highest BCUT2D eigenvalue weighted by Gasteiger charge is 2.26. The third-order valence-electron chi connectivity index (χ3n) is 5.03. The quantitative estimate of drug-likeness (QED) is 0.425. The number of amides is 2. The summed E-state index contributed by atoms with van der Waals surface area (Å²) in [5, 5.41) is 11.6. The van der Waals surface area contributed by atoms with Crippen molar-refractivity contribution < 1.29 is 18.4 Å². The number of nitrogens with one attached hydrogen (secondary N) is 1. The highest BCUT2D eigenvalue weighted by Crippen LogP contribution is 2.43. The number of hydrogen-bond donors (Lipinski definition) is 2. The summed E-state index contributed by atoms with van der Waals surface area (Å²) in [5.41, 5.74) is 7.82. The van der Waals surface area contributed by atoms with Gasteiger partial charge in [0.15, 0.2) is 0 Å². The molecule has 0 spiro atoms. The molecule has 0 aliphatic rings. The van der Waals surface area contributed by atoms with Crippen LogP contribution in [0.4, 0.5) is 14.5 Å². The Hall–Kier alpha value is -3.67. The molecule has 0 saturated carbocycles. The molecule has 4 aromatic heterocycles. The molecule has 2 amide bonds. The zero-order valence-electron chi connectivity index (χ0n) is 18.1. The molecule has 4 rings (SSSR count). The smallest absolute Gasteiger partial charge is 0.280 e. The maximum absolute atomic E-state index is 13.6. The van der Waals surface area contributed by atoms with Crippen LogP contribution in [0.25, 0.3) is 21.3 Å². The standard InChI is InChI=1S/C21H21F2N7O2S/c1-10-7-25-30(8-10)5-4-15(31)27-17-16-12(13-9-29(3)28-11(13)2)6-14(19(22)23)26-21(16)33-18(17)20(24)32/h6-9,19H,4-5H2,1-3H3,(H2,24,32)(H,27,31). The van der Waals surface area contributed by atoms with Gasteiger partial charge in [-0.3, -0.25) is 19.0 Å². The van der Waals surface area contributed by atoms with Gasteiger partial charge in [-0.2, -0.15) is 10.2 Å². The van der Waals surface area contributed by atoms with Gasteiger partial charge >= 0.3 is 0 Å². The van der Waals surface area contributed by atoms with Crippen LogP contribution in [0.2, 0.25) is 0 Å². The second-order valence-electron chi connectivity index (χ2n) is 7.63. The highest BCUT2D eigenvalue weighted by atomic mass is 32.1. The van der Waals surface area contributed by atoms with E-state index >= 15 is 0 Å². The van der Waals surface area contributed by atoms with Crippen LogP contribution in [0.5, 0.6) is 0 Å². The molecular weight excluding hydrogens is 452 g/mol. The normalized spacial score (nSPS) is 11.5. The summed E-state index contributed by atoms with van der Waals surface area (Å²) in [6.07, 6.45) is 2.44. The predicted molar refractivity (Wildman–Crippen MR) is 120 cm³/mol. The van der Waals surface area contributed by atoms with Crippen LogP contribution in [0.15, 0.2) is 24.7 Å². The molecule has 4 aromatic rings. The van der Waals surface area contributed by atoms with Gasteiger partial charge in [0.25, 0.3) is 12.3 Å². The number of fused-ring (bicyclic) bond motifs is 1. The van der Waals surface area contributed by atoms with E-state index in [9.17, 15) is 18.4 Å². The molecule has 0 aliphatic heterocycles. The molecule has 4 heterocycles. The largest absolute Gasteiger partial charge is 0.365 e. The van der Waals surface area contributed by atoms with Gasteiger partial charge in [-0.05, 0) is 31.0 Å². The number of rotatable bonds is 7. The van der Waals surface area contributed by atoms with Crippen molar-refractivity contribution >= 4 is 39.1 Å². The lowest BCUT2D eigenvalue weighted by Gasteiger charge is -2.10. The first-order valence-electron chi connectivity index (χ1n) is 9.99. The monoisotopic (exact) mass is 473 g/mol. The average Bonchev–Trinajstić information content (AvgIpc) is 3.42. The van der Waals surface area contributed by atoms with E-state index in [2.05, 4.69) is 20.5 Å². The molecule has 0 unspecified atom stereocenters. The number of nitrogens with two attached hydrogens (primary N) is 1. The maximum Gasteiger partial charge on any atom is 0.280 e. The van der Waals surface area contributed by atoms with Gasteiger partial charge in [-0.25, -0.2) is 13.8 Å². The summed E-state index contributed by atoms with van der Waals surface area (Å²) >= 11 is 0.866. The summed E-state index contributed by atoms with van der Waals surface area (Å²) in [5.74, 6) is -1.17. The van der Waals surface area contributed by atoms with E-state index in [0.717, 1.165) is 16.9 Å². The molecule has 172 valence electrons. The third-order valence-corrected chi connectivity index (χ3v) is 6.13. The number of carbonyl (C=O) groups is 2. The molecule has 0 bridgehead atoms. The van der Waals surface area contributed by atoms with Gasteiger partial charge < -0.3 is 11.1 Å². The average molecular weight is 474 g/mol. The fraction of sp³-hybridized carbons (Fsp3) is 0.286. The number of carbonyl (C=O) groups excluding carboxylic acids is 2. The molecule has 0 radical (unpaired) electrons. The second kappa shape index (κ2) is 8.70. The molecule has 0 aromatic carbocycles. The number of aryl methyl sites for hydroxylation is 4. The lowest BCUT2D eigenvalue weighted by molar-refractivity contribution is -0.116. The van der Waals surface area contributed by atoms with Crippen molar-refractivity contribution in [2.45, 2.75) is 33.2 Å². The van der Waals surface area contributed by atoms with Crippen molar-refractivity contribution in [3.8, 4) is 11.1 Å². The summed E-state index contributed by atoms with van der Waals surface area (Å²) in [6, 6.07) is 1.26. The third kappa shape index (κ3) is 4.46. The van der Waals surface area contributed by atoms with Crippen molar-refractivity contribution in [1.29, 1.82) is 0 Å². The first-order valence-corrected chi connectivity index (χ1v) is 10.8. The van der Waals surface area contributed by atoms with E-state index in [1.807, 2.05) is 6.92 Å². The minimum Gasteiger partial charge on any atom is -0.365 e. The number of halogens is 2. The Morgan fingerprint density at radius 3 is 2.58 bits per heavy atom. The molecule has 33 heavy (non-hydrogen) atoms. The number of anilines is 1. The van der Waals surface area contributed by atoms with Crippen molar-refractivity contribution in [1.82, 2.24) is 24.5 Å². The number of primary amides is 1. The Kier molecular flexibility index (Phi) is 5.93. The molecule has 0 atom stereocenters. The van der Waals surface area contributed by atoms with Gasteiger partial charge in [0.1, 0.15) is 15.4 Å². The van der Waals surface area contributed by atoms with Gasteiger partial charge in [-0.1, -0.05) is 0 Å². The van der Waals surface area contributed by atoms with Gasteiger partial charge in [0.2, 0.25) is 5.91 Å². The van der Waals surface area contributed by atoms with E-state index in [1.165, 1.54) is 6.07 Å². The first kappa shape index (κ1) is 22.5. The lowest BCUT2D eigenvalue weighted by atomic mass is 10.0. The van der Waals surface area contributed by atoms with E-state index < -0.39 is 18.0 Å². The second-order valence-corrected chi connectivity index (χ2v) is 8.63. The van der Waals surface area contributed by atoms with Crippen LogP contribution in [0, 0.1) is 13.8 Å². The van der Waals surface area contributed by atoms with Crippen molar-refractivity contribution in [2.75, 3.05) is 5.32 Å². The summed E-state index contributed by atoms with van der Waals surface area (Å²) in [4.78, 5) is 29.2. The van der Waals surface area contributed by atoms with Crippen molar-refractivity contribution in [2.24, 2.45) is 12.8 Å². The van der Waals surface area contributed by atoms with Crippen molar-refractivity contribution in [3.05, 3.63) is 46.5 Å². The number of nitrogens with zero attached hydrogens (tertiary/aromatic N) is 5. The Morgan fingerprint density at radius 2 is 2.00 bits per heavy atom. The van der Waals surface area contributed by atoms with Crippen LogP contribution in [0.3, 0.4) is 0 Å². The van der Waals surface area contributed by atoms with Gasteiger partial charge in [0, 0.05) is 43.4 Å². The number of hydrogen-bond acceptors (Lipinski definition) is 6. The molecule has 3 N–H and O–H groups in total. The molecular formula is C21H21F2N7O2S. The minimum atomic E-state index is -2.82. The molecule has 0 fully saturated rings. The maximum atomic E-state index is 13.6. The van der Waals surface area contributed by atoms with Crippen LogP contribution in [0.1, 0.15) is 39.5 Å². The Bertz CT molecular complexity index is 1370. The SMILES string of the molecule is Cc1cnn(CCC(=O)Nc2c(C(N)=O)sc3nc(C(F)F)cc(-c4cn(C)nc4C)c23)c1. The van der Waals surface area contributed by atoms with Gasteiger partial charge in [0.05, 0.1) is 17.6 Å². The van der Waals surface area contributed by atoms with Gasteiger partial charge in [-0.15, -0.1) is 11.3 Å². The predicted octanol–water partition coefficient (Wildman–Crippen LogP) is 3.58. The zero-order valence-corrected chi connectivity index (χ0v) is 18.9. The minimum absolute atomic E-state index is 0.0370. The summed E-state index contributed by atoms with van der Waals surface area (Å²) in [6.45, 7) is 3.97. The molecule has 9 nitrogen and oxygen atoms in total. The van der Waals surface area contributed by atoms with Crippen LogP contribution in [-0.4, -0.2) is 36.4 Å². The fourth-order valence-corrected chi connectivity index (χ4v) is 4.62. The molecule has 0 saturated heterocycles. The Morgan fingerprint density at radius 1 is 1.24 bits per heavy atom. The van der Waals surface area contributed by atoms with Crippen LogP contribution in [-0.2, 0) is 18.4 Å². The summed E-state index contributed by atoms with van der Waals surface area (Å²) < 4.78 is 30.4. The van der Waals surface area contributed by atoms with Crippen LogP contribution < -0.4 is 11.1 Å². The number of aromatic nitrogens is 5. The zero-order chi connectivity index (χ0) is 23.9. The van der Waals surface area contributed by atoms with Crippen molar-refractivity contribution in [3.63, 3.8) is 0 Å². The topological polar surface area (TPSA) is 121 Å². The highest BCUT2D eigenvalue weighted by molar-refractivity contribution is 7.21. The summed E-state index contributed by atoms with van der Waals surface area (Å²) in [7, 11) is 1.71. The number of alkyl halides is 2. The van der Waals surface area contributed by atoms with Crippen LogP contribution >= 0.6 is 11.3 Å². The Labute approximate surface area is 191 Å². The number of pyridine rings is 1. The van der Waals surface area contributed by atoms with E-state index in [4.69, 9.17) is 5.73 Å². The molecule has 0 aliphatic carbocycles. The molecule has 12 heteroatoms. The number of thiophene rings is 1.